The first kappa shape index (κ1) is 15.7. The Morgan fingerprint density at radius 1 is 1.45 bits per heavy atom. The van der Waals surface area contributed by atoms with Crippen LogP contribution in [-0.2, 0) is 22.5 Å². The largest absolute Gasteiger partial charge is 0.752 e. The predicted molar refractivity (Wildman–Crippen MR) is 74.8 cm³/mol. The molecule has 0 radical (unpaired) electrons. The van der Waals surface area contributed by atoms with E-state index in [1.54, 1.807) is 0 Å². The van der Waals surface area contributed by atoms with Gasteiger partial charge in [0.2, 0.25) is 0 Å². The summed E-state index contributed by atoms with van der Waals surface area (Å²) in [5.74, 6) is -0.552. The Kier molecular flexibility index (Phi) is 5.73. The van der Waals surface area contributed by atoms with Crippen molar-refractivity contribution in [1.82, 2.24) is 4.90 Å². The lowest BCUT2D eigenvalue weighted by Gasteiger charge is -2.39. The summed E-state index contributed by atoms with van der Waals surface area (Å²) in [6.45, 7) is 8.93. The summed E-state index contributed by atoms with van der Waals surface area (Å²) in [5.41, 5.74) is 0. The van der Waals surface area contributed by atoms with Crippen LogP contribution in [0, 0.1) is 0 Å². The number of fused-ring (bicyclic) bond motifs is 6. The molecule has 20 heavy (non-hydrogen) atoms. The van der Waals surface area contributed by atoms with Crippen molar-refractivity contribution in [3.63, 3.8) is 0 Å². The molecule has 0 aromatic carbocycles. The maximum absolute atomic E-state index is 11.5. The van der Waals surface area contributed by atoms with Gasteiger partial charge >= 0.3 is 15.0 Å². The number of hydrogen-bond donors (Lipinski definition) is 0. The molecular weight excluding hydrogens is 278 g/mol. The molecule has 3 saturated heterocycles. The van der Waals surface area contributed by atoms with Crippen LogP contribution in [0.2, 0.25) is 0 Å². The minimum atomic E-state index is -3.37. The predicted octanol–water partition coefficient (Wildman–Crippen LogP) is 1.09. The lowest BCUT2D eigenvalue weighted by atomic mass is 10.1. The molecule has 3 aliphatic heterocycles. The lowest BCUT2D eigenvalue weighted by Crippen LogP contribution is -2.60. The second-order valence-corrected chi connectivity index (χ2v) is 7.02. The third-order valence-electron chi connectivity index (χ3n) is 3.42. The van der Waals surface area contributed by atoms with Crippen molar-refractivity contribution < 1.29 is 22.5 Å². The first-order valence-corrected chi connectivity index (χ1v) is 8.84. The van der Waals surface area contributed by atoms with E-state index in [1.807, 2.05) is 0 Å². The topological polar surface area (TPSA) is 57.2 Å². The first-order valence-electron chi connectivity index (χ1n) is 7.21. The summed E-state index contributed by atoms with van der Waals surface area (Å²) in [7, 11) is -3.37. The molecule has 0 saturated carbocycles. The van der Waals surface area contributed by atoms with Gasteiger partial charge in [0.25, 0.3) is 0 Å². The summed E-state index contributed by atoms with van der Waals surface area (Å²) in [6.07, 6.45) is 4.18. The maximum atomic E-state index is 11.5. The zero-order chi connectivity index (χ0) is 14.4. The van der Waals surface area contributed by atoms with E-state index in [9.17, 15) is 4.79 Å². The molecule has 3 aliphatic rings. The molecule has 6 nitrogen and oxygen atoms in total. The molecule has 0 N–H and O–H groups in total. The van der Waals surface area contributed by atoms with Gasteiger partial charge in [-0.3, -0.25) is 4.90 Å². The summed E-state index contributed by atoms with van der Waals surface area (Å²) in [6, 6.07) is 0. The zero-order valence-electron chi connectivity index (χ0n) is 12.0. The molecule has 0 aromatic heterocycles. The molecule has 114 valence electrons. The average molecular weight is 301 g/mol. The van der Waals surface area contributed by atoms with Crippen LogP contribution < -0.4 is 0 Å². The van der Waals surface area contributed by atoms with Gasteiger partial charge in [0.05, 0.1) is 19.3 Å². The molecule has 1 atom stereocenters. The van der Waals surface area contributed by atoms with Crippen molar-refractivity contribution in [2.24, 2.45) is 0 Å². The Hall–Kier alpha value is -0.733. The lowest BCUT2D eigenvalue weighted by molar-refractivity contribution is -0.146. The molecule has 3 heterocycles. The van der Waals surface area contributed by atoms with E-state index >= 15 is 0 Å². The second-order valence-electron chi connectivity index (χ2n) is 5.00. The molecule has 1 unspecified atom stereocenters. The van der Waals surface area contributed by atoms with Gasteiger partial charge in [-0.25, -0.2) is 4.79 Å². The fourth-order valence-electron chi connectivity index (χ4n) is 2.36. The van der Waals surface area contributed by atoms with E-state index < -0.39 is 15.0 Å². The average Bonchev–Trinajstić information content (AvgIpc) is 2.38. The van der Waals surface area contributed by atoms with Crippen LogP contribution in [0.5, 0.6) is 0 Å². The van der Waals surface area contributed by atoms with Gasteiger partial charge in [0.1, 0.15) is 0 Å². The fraction of sp³-hybridized carbons (Fsp3) is 0.769. The minimum absolute atomic E-state index is 0.0140. The van der Waals surface area contributed by atoms with Gasteiger partial charge in [-0.1, -0.05) is 26.3 Å². The number of nitrogens with zero attached hydrogens (tertiary/aromatic N) is 1. The fourth-order valence-corrected chi connectivity index (χ4v) is 4.36. The van der Waals surface area contributed by atoms with Crippen molar-refractivity contribution in [1.29, 1.82) is 0 Å². The molecule has 0 aliphatic carbocycles. The highest BCUT2D eigenvalue weighted by atomic mass is 28.4. The van der Waals surface area contributed by atoms with E-state index in [-0.39, 0.29) is 6.10 Å². The molecule has 7 heteroatoms. The highest BCUT2D eigenvalue weighted by Gasteiger charge is 2.53. The van der Waals surface area contributed by atoms with E-state index in [0.29, 0.717) is 13.2 Å². The van der Waals surface area contributed by atoms with Crippen LogP contribution in [-0.4, -0.2) is 58.9 Å². The minimum Gasteiger partial charge on any atom is -0.449 e. The van der Waals surface area contributed by atoms with Gasteiger partial charge in [-0.15, -0.1) is 0 Å². The van der Waals surface area contributed by atoms with Crippen LogP contribution in [0.15, 0.2) is 12.7 Å². The summed E-state index contributed by atoms with van der Waals surface area (Å²) >= 11 is 0. The Balaban J connectivity index is 2.11. The number of carbonyl (C=O) groups is 1. The number of carbonyl (C=O) groups excluding carboxylic acids is 1. The number of hydrogen-bond acceptors (Lipinski definition) is 6. The summed E-state index contributed by atoms with van der Waals surface area (Å²) in [4.78, 5) is 13.8. The van der Waals surface area contributed by atoms with Crippen molar-refractivity contribution in [2.75, 3.05) is 32.8 Å². The molecule has 3 fully saturated rings. The highest BCUT2D eigenvalue weighted by molar-refractivity contribution is 6.55. The Morgan fingerprint density at radius 2 is 2.15 bits per heavy atom. The maximum Gasteiger partial charge on any atom is 0.752 e. The van der Waals surface area contributed by atoms with E-state index in [2.05, 4.69) is 18.4 Å². The Bertz CT molecular complexity index is 342. The molecule has 0 amide bonds. The van der Waals surface area contributed by atoms with Gasteiger partial charge in [-0.05, 0) is 6.42 Å². The van der Waals surface area contributed by atoms with Gasteiger partial charge in [-0.2, -0.15) is 0 Å². The quantitative estimate of drug-likeness (QED) is 0.560. The number of unbranched alkanes of at least 4 members (excludes halogenated alkanes) is 1. The Labute approximate surface area is 121 Å². The van der Waals surface area contributed by atoms with E-state index in [4.69, 9.17) is 17.7 Å². The van der Waals surface area contributed by atoms with Crippen LogP contribution >= 0.6 is 0 Å². The van der Waals surface area contributed by atoms with Crippen LogP contribution in [0.1, 0.15) is 26.2 Å². The van der Waals surface area contributed by atoms with Crippen LogP contribution in [0.4, 0.5) is 0 Å². The van der Waals surface area contributed by atoms with Gasteiger partial charge in [0, 0.05) is 25.7 Å². The third-order valence-corrected chi connectivity index (χ3v) is 5.61. The SMILES string of the molecule is C=CC(=O)O[Si]12OCCN(CCO1)CC(CCCC)O2. The van der Waals surface area contributed by atoms with Gasteiger partial charge < -0.3 is 17.7 Å². The van der Waals surface area contributed by atoms with Crippen molar-refractivity contribution in [3.05, 3.63) is 12.7 Å². The van der Waals surface area contributed by atoms with Crippen molar-refractivity contribution >= 4 is 15.0 Å². The summed E-state index contributed by atoms with van der Waals surface area (Å²) < 4.78 is 22.7. The smallest absolute Gasteiger partial charge is 0.449 e. The normalized spacial score (nSPS) is 33.9. The molecule has 0 spiro atoms. The molecule has 2 bridgehead atoms. The van der Waals surface area contributed by atoms with E-state index in [1.165, 1.54) is 0 Å². The molecule has 0 aromatic rings. The van der Waals surface area contributed by atoms with Crippen molar-refractivity contribution in [2.45, 2.75) is 32.3 Å². The molecule has 3 rings (SSSR count). The number of rotatable bonds is 5. The van der Waals surface area contributed by atoms with Crippen LogP contribution in [0.25, 0.3) is 0 Å². The third kappa shape index (κ3) is 4.13. The van der Waals surface area contributed by atoms with Crippen LogP contribution in [0.3, 0.4) is 0 Å². The first-order chi connectivity index (χ1) is 9.67. The standard InChI is InChI=1S/C13H23NO5Si/c1-3-5-6-12-11-14-7-9-16-20(18-12,17-10-8-14)19-13(15)4-2/h4,12H,2-3,5-11H2,1H3. The highest BCUT2D eigenvalue weighted by Crippen LogP contribution is 2.23. The zero-order valence-corrected chi connectivity index (χ0v) is 13.0. The van der Waals surface area contributed by atoms with Gasteiger partial charge in [0.15, 0.2) is 0 Å². The molecular formula is C13H23NO5Si. The van der Waals surface area contributed by atoms with E-state index in [0.717, 1.165) is 45.0 Å². The summed E-state index contributed by atoms with van der Waals surface area (Å²) in [5, 5.41) is 0. The second kappa shape index (κ2) is 7.33. The monoisotopic (exact) mass is 301 g/mol. The van der Waals surface area contributed by atoms with Crippen molar-refractivity contribution in [3.8, 4) is 0 Å². The Morgan fingerprint density at radius 3 is 2.75 bits per heavy atom.